The van der Waals surface area contributed by atoms with E-state index < -0.39 is 23.9 Å². The van der Waals surface area contributed by atoms with Gasteiger partial charge in [0.25, 0.3) is 0 Å². The molecular weight excluding hydrogens is 287 g/mol. The van der Waals surface area contributed by atoms with E-state index >= 15 is 0 Å². The van der Waals surface area contributed by atoms with Gasteiger partial charge in [0.1, 0.15) is 6.04 Å². The lowest BCUT2D eigenvalue weighted by molar-refractivity contribution is -0.140. The Labute approximate surface area is 121 Å². The van der Waals surface area contributed by atoms with Crippen LogP contribution < -0.4 is 10.6 Å². The molecule has 1 unspecified atom stereocenters. The summed E-state index contributed by atoms with van der Waals surface area (Å²) < 4.78 is 13.6. The summed E-state index contributed by atoms with van der Waals surface area (Å²) in [6.45, 7) is 3.52. The van der Waals surface area contributed by atoms with E-state index in [-0.39, 0.29) is 16.6 Å². The smallest absolute Gasteiger partial charge is 0.326 e. The van der Waals surface area contributed by atoms with Crippen molar-refractivity contribution in [3.8, 4) is 0 Å². The Balaban J connectivity index is 2.76. The minimum atomic E-state index is -1.14. The summed E-state index contributed by atoms with van der Waals surface area (Å²) in [7, 11) is 0. The number of nitrogens with one attached hydrogen (secondary N) is 2. The molecule has 0 aliphatic carbocycles. The van der Waals surface area contributed by atoms with E-state index in [0.29, 0.717) is 6.42 Å². The summed E-state index contributed by atoms with van der Waals surface area (Å²) in [6.07, 6.45) is 0.586. The molecule has 0 radical (unpaired) electrons. The molecule has 0 spiro atoms. The van der Waals surface area contributed by atoms with Crippen LogP contribution >= 0.6 is 11.6 Å². The first-order valence-electron chi connectivity index (χ1n) is 6.11. The van der Waals surface area contributed by atoms with Gasteiger partial charge in [-0.05, 0) is 18.1 Å². The molecule has 20 heavy (non-hydrogen) atoms. The molecule has 2 atom stereocenters. The minimum Gasteiger partial charge on any atom is -0.480 e. The number of carbonyl (C=O) groups excluding carboxylic acids is 1. The molecule has 7 heteroatoms. The number of benzene rings is 1. The molecule has 0 fully saturated rings. The fourth-order valence-corrected chi connectivity index (χ4v) is 1.76. The van der Waals surface area contributed by atoms with Crippen LogP contribution in [-0.2, 0) is 4.79 Å². The van der Waals surface area contributed by atoms with Crippen molar-refractivity contribution in [2.75, 3.05) is 5.32 Å². The maximum atomic E-state index is 13.6. The normalized spacial score (nSPS) is 13.4. The van der Waals surface area contributed by atoms with Gasteiger partial charge in [0.2, 0.25) is 0 Å². The van der Waals surface area contributed by atoms with Crippen molar-refractivity contribution in [3.63, 3.8) is 0 Å². The van der Waals surface area contributed by atoms with Gasteiger partial charge in [-0.3, -0.25) is 0 Å². The second kappa shape index (κ2) is 7.09. The lowest BCUT2D eigenvalue weighted by Crippen LogP contribution is -2.46. The first-order chi connectivity index (χ1) is 9.36. The lowest BCUT2D eigenvalue weighted by Gasteiger charge is -2.20. The zero-order chi connectivity index (χ0) is 15.3. The third-order valence-electron chi connectivity index (χ3n) is 2.97. The van der Waals surface area contributed by atoms with Crippen molar-refractivity contribution in [1.29, 1.82) is 0 Å². The van der Waals surface area contributed by atoms with Crippen LogP contribution in [0.4, 0.5) is 14.9 Å². The van der Waals surface area contributed by atoms with E-state index in [9.17, 15) is 14.0 Å². The largest absolute Gasteiger partial charge is 0.480 e. The topological polar surface area (TPSA) is 78.4 Å². The van der Waals surface area contributed by atoms with Crippen LogP contribution in [0.25, 0.3) is 0 Å². The van der Waals surface area contributed by atoms with Gasteiger partial charge < -0.3 is 15.7 Å². The van der Waals surface area contributed by atoms with Crippen LogP contribution in [0.3, 0.4) is 0 Å². The van der Waals surface area contributed by atoms with Crippen molar-refractivity contribution in [3.05, 3.63) is 29.0 Å². The lowest BCUT2D eigenvalue weighted by atomic mass is 9.99. The van der Waals surface area contributed by atoms with Crippen LogP contribution in [-0.4, -0.2) is 23.1 Å². The maximum Gasteiger partial charge on any atom is 0.326 e. The predicted octanol–water partition coefficient (Wildman–Crippen LogP) is 3.10. The number of carbonyl (C=O) groups is 2. The Morgan fingerprint density at radius 1 is 1.45 bits per heavy atom. The van der Waals surface area contributed by atoms with Gasteiger partial charge in [0, 0.05) is 0 Å². The highest BCUT2D eigenvalue weighted by Gasteiger charge is 2.25. The molecule has 3 N–H and O–H groups in total. The average Bonchev–Trinajstić information content (AvgIpc) is 2.40. The Morgan fingerprint density at radius 2 is 2.10 bits per heavy atom. The fourth-order valence-electron chi connectivity index (χ4n) is 1.58. The average molecular weight is 303 g/mol. The van der Waals surface area contributed by atoms with Crippen LogP contribution in [0.5, 0.6) is 0 Å². The molecule has 0 saturated heterocycles. The van der Waals surface area contributed by atoms with E-state index in [0.717, 1.165) is 0 Å². The Hall–Kier alpha value is -1.82. The number of carboxylic acid groups (broad SMARTS) is 1. The number of aliphatic carboxylic acids is 1. The van der Waals surface area contributed by atoms with E-state index in [1.165, 1.54) is 18.2 Å². The number of hydrogen-bond acceptors (Lipinski definition) is 2. The third kappa shape index (κ3) is 4.09. The maximum absolute atomic E-state index is 13.6. The number of hydrogen-bond donors (Lipinski definition) is 3. The molecule has 110 valence electrons. The number of anilines is 1. The quantitative estimate of drug-likeness (QED) is 0.782. The van der Waals surface area contributed by atoms with Crippen molar-refractivity contribution >= 4 is 29.3 Å². The molecule has 1 rings (SSSR count). The highest BCUT2D eigenvalue weighted by Crippen LogP contribution is 2.21. The van der Waals surface area contributed by atoms with E-state index in [1.807, 2.05) is 6.92 Å². The molecule has 0 heterocycles. The van der Waals surface area contributed by atoms with Gasteiger partial charge >= 0.3 is 12.0 Å². The Bertz CT molecular complexity index is 510. The van der Waals surface area contributed by atoms with E-state index in [4.69, 9.17) is 16.7 Å². The summed E-state index contributed by atoms with van der Waals surface area (Å²) in [5, 5.41) is 13.5. The van der Waals surface area contributed by atoms with Crippen LogP contribution in [0, 0.1) is 11.7 Å². The zero-order valence-corrected chi connectivity index (χ0v) is 11.9. The molecule has 1 aromatic rings. The van der Waals surface area contributed by atoms with Crippen molar-refractivity contribution in [2.24, 2.45) is 5.92 Å². The fraction of sp³-hybridized carbons (Fsp3) is 0.385. The van der Waals surface area contributed by atoms with Crippen molar-refractivity contribution in [2.45, 2.75) is 26.3 Å². The van der Waals surface area contributed by atoms with Gasteiger partial charge in [-0.25, -0.2) is 14.0 Å². The van der Waals surface area contributed by atoms with Crippen LogP contribution in [0.15, 0.2) is 18.2 Å². The number of urea groups is 1. The van der Waals surface area contributed by atoms with Crippen molar-refractivity contribution < 1.29 is 19.1 Å². The highest BCUT2D eigenvalue weighted by atomic mass is 35.5. The van der Waals surface area contributed by atoms with Gasteiger partial charge in [-0.15, -0.1) is 0 Å². The van der Waals surface area contributed by atoms with E-state index in [2.05, 4.69) is 10.6 Å². The molecule has 0 aliphatic rings. The number of amides is 2. The Morgan fingerprint density at radius 3 is 2.65 bits per heavy atom. The van der Waals surface area contributed by atoms with Crippen molar-refractivity contribution in [1.82, 2.24) is 5.32 Å². The summed E-state index contributed by atoms with van der Waals surface area (Å²) in [5.41, 5.74) is -0.108. The summed E-state index contributed by atoms with van der Waals surface area (Å²) in [5.74, 6) is -2.15. The minimum absolute atomic E-state index is 0.108. The van der Waals surface area contributed by atoms with E-state index in [1.54, 1.807) is 6.92 Å². The van der Waals surface area contributed by atoms with Gasteiger partial charge in [0.15, 0.2) is 5.82 Å². The first-order valence-corrected chi connectivity index (χ1v) is 6.49. The molecule has 2 amide bonds. The second-order valence-electron chi connectivity index (χ2n) is 4.40. The zero-order valence-electron chi connectivity index (χ0n) is 11.1. The summed E-state index contributed by atoms with van der Waals surface area (Å²) >= 11 is 5.59. The highest BCUT2D eigenvalue weighted by molar-refractivity contribution is 6.31. The van der Waals surface area contributed by atoms with Gasteiger partial charge in [-0.1, -0.05) is 37.9 Å². The van der Waals surface area contributed by atoms with Crippen LogP contribution in [0.1, 0.15) is 20.3 Å². The Kier molecular flexibility index (Phi) is 5.76. The number of rotatable bonds is 5. The first kappa shape index (κ1) is 16.2. The third-order valence-corrected chi connectivity index (χ3v) is 3.26. The summed E-state index contributed by atoms with van der Waals surface area (Å²) in [4.78, 5) is 22.8. The molecule has 5 nitrogen and oxygen atoms in total. The monoisotopic (exact) mass is 302 g/mol. The summed E-state index contributed by atoms with van der Waals surface area (Å²) in [6, 6.07) is 2.32. The molecule has 0 bridgehead atoms. The van der Waals surface area contributed by atoms with Gasteiger partial charge in [-0.2, -0.15) is 0 Å². The molecular formula is C13H16ClFN2O3. The molecule has 0 aromatic heterocycles. The molecule has 0 saturated carbocycles. The second-order valence-corrected chi connectivity index (χ2v) is 4.81. The number of carboxylic acids is 1. The molecule has 1 aromatic carbocycles. The van der Waals surface area contributed by atoms with Gasteiger partial charge in [0.05, 0.1) is 10.7 Å². The standard InChI is InChI=1S/C13H16ClFN2O3/c1-3-7(2)11(12(18)19)17-13(20)16-9-6-4-5-8(14)10(9)15/h4-7,11H,3H2,1-2H3,(H,18,19)(H2,16,17,20)/t7?,11-/m0/s1. The van der Waals surface area contributed by atoms with Crippen LogP contribution in [0.2, 0.25) is 5.02 Å². The number of halogens is 2. The predicted molar refractivity (Wildman–Crippen MR) is 74.4 cm³/mol. The SMILES string of the molecule is CCC(C)[C@H](NC(=O)Nc1cccc(Cl)c1F)C(=O)O. The molecule has 0 aliphatic heterocycles.